The van der Waals surface area contributed by atoms with Crippen LogP contribution in [0, 0.1) is 12.8 Å². The second-order valence-electron chi connectivity index (χ2n) is 9.55. The number of phenols is 1. The van der Waals surface area contributed by atoms with Gasteiger partial charge >= 0.3 is 0 Å². The first-order chi connectivity index (χ1) is 15.5. The molecule has 32 heavy (non-hydrogen) atoms. The van der Waals surface area contributed by atoms with E-state index < -0.39 is 0 Å². The predicted molar refractivity (Wildman–Crippen MR) is 126 cm³/mol. The van der Waals surface area contributed by atoms with Gasteiger partial charge in [-0.3, -0.25) is 4.79 Å². The van der Waals surface area contributed by atoms with Gasteiger partial charge in [0.1, 0.15) is 11.4 Å². The molecule has 1 aromatic heterocycles. The Morgan fingerprint density at radius 2 is 2.03 bits per heavy atom. The zero-order valence-corrected chi connectivity index (χ0v) is 18.8. The van der Waals surface area contributed by atoms with Crippen molar-refractivity contribution >= 4 is 5.91 Å². The minimum Gasteiger partial charge on any atom is -0.508 e. The van der Waals surface area contributed by atoms with Gasteiger partial charge in [-0.2, -0.15) is 0 Å². The summed E-state index contributed by atoms with van der Waals surface area (Å²) in [4.78, 5) is 18.9. The summed E-state index contributed by atoms with van der Waals surface area (Å²) in [6.45, 7) is 4.64. The van der Waals surface area contributed by atoms with Crippen LogP contribution in [0.1, 0.15) is 44.9 Å². The predicted octanol–water partition coefficient (Wildman–Crippen LogP) is 3.95. The molecular formula is C27H31N3O2. The van der Waals surface area contributed by atoms with Gasteiger partial charge in [0.25, 0.3) is 5.91 Å². The lowest BCUT2D eigenvalue weighted by molar-refractivity contribution is 0.0944. The zero-order chi connectivity index (χ0) is 22.3. The third-order valence-electron chi connectivity index (χ3n) is 7.61. The van der Waals surface area contributed by atoms with Crippen LogP contribution in [0.25, 0.3) is 0 Å². The molecule has 0 saturated carbocycles. The Morgan fingerprint density at radius 1 is 1.22 bits per heavy atom. The van der Waals surface area contributed by atoms with E-state index in [1.165, 1.54) is 16.8 Å². The molecule has 3 N–H and O–H groups in total. The molecule has 5 rings (SSSR count). The van der Waals surface area contributed by atoms with Gasteiger partial charge in [-0.05, 0) is 80.1 Å². The number of hydrogen-bond acceptors (Lipinski definition) is 3. The Labute approximate surface area is 189 Å². The van der Waals surface area contributed by atoms with Crippen LogP contribution in [0.3, 0.4) is 0 Å². The van der Waals surface area contributed by atoms with E-state index in [0.29, 0.717) is 23.9 Å². The lowest BCUT2D eigenvalue weighted by atomic mass is 9.58. The van der Waals surface area contributed by atoms with Crippen LogP contribution in [0.15, 0.2) is 54.6 Å². The SMILES string of the molecule is Cc1c(C(=O)NCc2ccccc2)[nH]c2c1C[C@H]1CN(C)CC[C@]1(c1cccc(O)c1)C2. The number of aromatic nitrogens is 1. The molecule has 2 atom stereocenters. The van der Waals surface area contributed by atoms with E-state index in [1.807, 2.05) is 42.5 Å². The summed E-state index contributed by atoms with van der Waals surface area (Å²) in [7, 11) is 2.19. The van der Waals surface area contributed by atoms with E-state index in [1.54, 1.807) is 6.07 Å². The molecule has 2 heterocycles. The van der Waals surface area contributed by atoms with Crippen LogP contribution < -0.4 is 5.32 Å². The van der Waals surface area contributed by atoms with Crippen molar-refractivity contribution in [3.05, 3.63) is 88.2 Å². The fourth-order valence-electron chi connectivity index (χ4n) is 5.81. The standard InChI is InChI=1S/C27H31N3O2/c1-18-23-14-21-17-30(2)12-11-27(21,20-9-6-10-22(31)13-20)15-24(23)29-25(18)26(32)28-16-19-7-4-3-5-8-19/h3-10,13,21,29,31H,11-12,14-17H2,1-2H3,(H,28,32)/t21-,27+/m0/s1. The number of amides is 1. The number of nitrogens with zero attached hydrogens (tertiary/aromatic N) is 1. The second kappa shape index (κ2) is 8.14. The zero-order valence-electron chi connectivity index (χ0n) is 18.8. The summed E-state index contributed by atoms with van der Waals surface area (Å²) in [5.74, 6) is 0.724. The number of benzene rings is 2. The van der Waals surface area contributed by atoms with Crippen molar-refractivity contribution in [3.63, 3.8) is 0 Å². The highest BCUT2D eigenvalue weighted by Gasteiger charge is 2.48. The lowest BCUT2D eigenvalue weighted by Gasteiger charge is -2.50. The highest BCUT2D eigenvalue weighted by atomic mass is 16.3. The van der Waals surface area contributed by atoms with Gasteiger partial charge in [-0.25, -0.2) is 0 Å². The molecular weight excluding hydrogens is 398 g/mol. The maximum Gasteiger partial charge on any atom is 0.268 e. The van der Waals surface area contributed by atoms with Gasteiger partial charge in [-0.15, -0.1) is 0 Å². The minimum absolute atomic E-state index is 0.0205. The topological polar surface area (TPSA) is 68.4 Å². The molecule has 1 saturated heterocycles. The summed E-state index contributed by atoms with van der Waals surface area (Å²) < 4.78 is 0. The van der Waals surface area contributed by atoms with Crippen molar-refractivity contribution in [1.29, 1.82) is 0 Å². The van der Waals surface area contributed by atoms with Crippen molar-refractivity contribution in [1.82, 2.24) is 15.2 Å². The van der Waals surface area contributed by atoms with Crippen molar-refractivity contribution in [2.45, 2.75) is 38.1 Å². The number of carbonyl (C=O) groups is 1. The van der Waals surface area contributed by atoms with E-state index in [9.17, 15) is 9.90 Å². The molecule has 3 aromatic rings. The van der Waals surface area contributed by atoms with Crippen molar-refractivity contribution < 1.29 is 9.90 Å². The Bertz CT molecular complexity index is 1140. The monoisotopic (exact) mass is 429 g/mol. The van der Waals surface area contributed by atoms with Crippen LogP contribution in [0.4, 0.5) is 0 Å². The number of aromatic hydroxyl groups is 1. The molecule has 2 aromatic carbocycles. The van der Waals surface area contributed by atoms with Gasteiger partial charge in [0, 0.05) is 24.2 Å². The molecule has 2 aliphatic rings. The number of piperidine rings is 1. The number of aromatic amines is 1. The van der Waals surface area contributed by atoms with E-state index >= 15 is 0 Å². The van der Waals surface area contributed by atoms with Crippen molar-refractivity contribution in [2.75, 3.05) is 20.1 Å². The quantitative estimate of drug-likeness (QED) is 0.588. The summed E-state index contributed by atoms with van der Waals surface area (Å²) >= 11 is 0. The molecule has 1 fully saturated rings. The average molecular weight is 430 g/mol. The van der Waals surface area contributed by atoms with Crippen LogP contribution in [-0.2, 0) is 24.8 Å². The van der Waals surface area contributed by atoms with Gasteiger partial charge in [0.2, 0.25) is 0 Å². The maximum absolute atomic E-state index is 13.0. The molecule has 1 amide bonds. The molecule has 0 spiro atoms. The van der Waals surface area contributed by atoms with E-state index in [-0.39, 0.29) is 11.3 Å². The molecule has 1 aliphatic heterocycles. The summed E-state index contributed by atoms with van der Waals surface area (Å²) in [6, 6.07) is 17.8. The Morgan fingerprint density at radius 3 is 2.81 bits per heavy atom. The van der Waals surface area contributed by atoms with Crippen molar-refractivity contribution in [3.8, 4) is 5.75 Å². The van der Waals surface area contributed by atoms with E-state index in [4.69, 9.17) is 0 Å². The molecule has 0 bridgehead atoms. The van der Waals surface area contributed by atoms with Gasteiger partial charge in [-0.1, -0.05) is 42.5 Å². The van der Waals surface area contributed by atoms with E-state index in [0.717, 1.165) is 43.5 Å². The number of rotatable bonds is 4. The third kappa shape index (κ3) is 3.61. The number of hydrogen-bond donors (Lipinski definition) is 3. The van der Waals surface area contributed by atoms with Crippen LogP contribution in [-0.4, -0.2) is 41.0 Å². The molecule has 0 unspecified atom stereocenters. The Balaban J connectivity index is 1.46. The summed E-state index contributed by atoms with van der Waals surface area (Å²) in [5.41, 5.74) is 6.51. The van der Waals surface area contributed by atoms with Gasteiger partial charge in [0.15, 0.2) is 0 Å². The highest BCUT2D eigenvalue weighted by Crippen LogP contribution is 2.48. The van der Waals surface area contributed by atoms with E-state index in [2.05, 4.69) is 35.2 Å². The van der Waals surface area contributed by atoms with Crippen LogP contribution in [0.2, 0.25) is 0 Å². The fourth-order valence-corrected chi connectivity index (χ4v) is 5.81. The smallest absolute Gasteiger partial charge is 0.268 e. The summed E-state index contributed by atoms with van der Waals surface area (Å²) in [6.07, 6.45) is 2.87. The molecule has 0 radical (unpaired) electrons. The number of fused-ring (bicyclic) bond motifs is 2. The van der Waals surface area contributed by atoms with Crippen LogP contribution in [0.5, 0.6) is 5.75 Å². The Hall–Kier alpha value is -3.05. The van der Waals surface area contributed by atoms with Gasteiger partial charge < -0.3 is 20.3 Å². The molecule has 166 valence electrons. The number of phenolic OH excluding ortho intramolecular Hbond substituents is 1. The largest absolute Gasteiger partial charge is 0.508 e. The average Bonchev–Trinajstić information content (AvgIpc) is 3.12. The van der Waals surface area contributed by atoms with Crippen LogP contribution >= 0.6 is 0 Å². The first kappa shape index (κ1) is 20.8. The van der Waals surface area contributed by atoms with Gasteiger partial charge in [0.05, 0.1) is 0 Å². The fraction of sp³-hybridized carbons (Fsp3) is 0.370. The maximum atomic E-state index is 13.0. The molecule has 5 nitrogen and oxygen atoms in total. The van der Waals surface area contributed by atoms with Crippen molar-refractivity contribution in [2.24, 2.45) is 5.92 Å². The summed E-state index contributed by atoms with van der Waals surface area (Å²) in [5, 5.41) is 13.3. The number of carbonyl (C=O) groups excluding carboxylic acids is 1. The Kier molecular flexibility index (Phi) is 5.30. The normalized spacial score (nSPS) is 22.8. The minimum atomic E-state index is -0.0488. The number of H-pyrrole nitrogens is 1. The number of likely N-dealkylation sites (tertiary alicyclic amines) is 1. The number of nitrogens with one attached hydrogen (secondary N) is 2. The third-order valence-corrected chi connectivity index (χ3v) is 7.61. The lowest BCUT2D eigenvalue weighted by Crippen LogP contribution is -2.52. The molecule has 5 heteroatoms. The highest BCUT2D eigenvalue weighted by molar-refractivity contribution is 5.94. The first-order valence-electron chi connectivity index (χ1n) is 11.5. The first-order valence-corrected chi connectivity index (χ1v) is 11.5. The second-order valence-corrected chi connectivity index (χ2v) is 9.55. The molecule has 1 aliphatic carbocycles.